The summed E-state index contributed by atoms with van der Waals surface area (Å²) in [5.74, 6) is -0.176. The van der Waals surface area contributed by atoms with Gasteiger partial charge in [0.05, 0.1) is 0 Å². The Morgan fingerprint density at radius 3 is 2.11 bits per heavy atom. The fourth-order valence-electron chi connectivity index (χ4n) is 3.97. The molecule has 0 spiro atoms. The molecule has 0 saturated heterocycles. The number of carbonyl (C=O) groups excluding carboxylic acids is 2. The lowest BCUT2D eigenvalue weighted by molar-refractivity contribution is -0.117. The number of hydrogen-bond donors (Lipinski definition) is 5. The summed E-state index contributed by atoms with van der Waals surface area (Å²) >= 11 is 0. The molecule has 4 rings (SSSR count). The molecule has 0 heterocycles. The second-order valence-corrected chi connectivity index (χ2v) is 8.56. The van der Waals surface area contributed by atoms with Crippen molar-refractivity contribution in [2.45, 2.75) is 37.4 Å². The van der Waals surface area contributed by atoms with E-state index in [1.165, 1.54) is 0 Å². The molecule has 180 valence electrons. The molecule has 35 heavy (non-hydrogen) atoms. The highest BCUT2D eigenvalue weighted by Gasteiger charge is 2.39. The van der Waals surface area contributed by atoms with E-state index >= 15 is 0 Å². The predicted molar refractivity (Wildman–Crippen MR) is 133 cm³/mol. The van der Waals surface area contributed by atoms with Crippen LogP contribution < -0.4 is 21.3 Å². The van der Waals surface area contributed by atoms with Crippen molar-refractivity contribution < 1.29 is 19.5 Å². The Bertz CT molecular complexity index is 1150. The first-order valence-electron chi connectivity index (χ1n) is 11.5. The van der Waals surface area contributed by atoms with Crippen LogP contribution in [0.2, 0.25) is 0 Å². The van der Waals surface area contributed by atoms with Gasteiger partial charge in [0.1, 0.15) is 6.04 Å². The predicted octanol–water partition coefficient (Wildman–Crippen LogP) is 3.86. The fourth-order valence-corrected chi connectivity index (χ4v) is 3.97. The molecule has 1 fully saturated rings. The molecule has 5 N–H and O–H groups in total. The molecule has 3 aromatic carbocycles. The minimum atomic E-state index is -1.02. The lowest BCUT2D eigenvalue weighted by atomic mass is 10.0. The van der Waals surface area contributed by atoms with Crippen LogP contribution in [-0.2, 0) is 17.8 Å². The van der Waals surface area contributed by atoms with Crippen molar-refractivity contribution in [3.8, 4) is 0 Å². The van der Waals surface area contributed by atoms with Gasteiger partial charge in [0.25, 0.3) is 0 Å². The van der Waals surface area contributed by atoms with Crippen LogP contribution in [0.15, 0.2) is 84.9 Å². The van der Waals surface area contributed by atoms with Gasteiger partial charge in [0, 0.05) is 30.6 Å². The number of benzene rings is 3. The first-order valence-corrected chi connectivity index (χ1v) is 11.5. The number of urea groups is 1. The largest absolute Gasteiger partial charge is 0.465 e. The second-order valence-electron chi connectivity index (χ2n) is 8.56. The summed E-state index contributed by atoms with van der Waals surface area (Å²) < 4.78 is 0. The highest BCUT2D eigenvalue weighted by atomic mass is 16.4. The monoisotopic (exact) mass is 472 g/mol. The quantitative estimate of drug-likeness (QED) is 0.325. The van der Waals surface area contributed by atoms with E-state index in [0.717, 1.165) is 23.1 Å². The third kappa shape index (κ3) is 7.07. The smallest absolute Gasteiger partial charge is 0.404 e. The van der Waals surface area contributed by atoms with Crippen molar-refractivity contribution in [2.24, 2.45) is 0 Å². The van der Waals surface area contributed by atoms with Gasteiger partial charge in [-0.2, -0.15) is 0 Å². The number of nitrogens with one attached hydrogen (secondary N) is 4. The Kier molecular flexibility index (Phi) is 7.62. The molecule has 1 saturated carbocycles. The van der Waals surface area contributed by atoms with Crippen molar-refractivity contribution in [1.82, 2.24) is 16.0 Å². The molecule has 3 aromatic rings. The van der Waals surface area contributed by atoms with Crippen molar-refractivity contribution in [3.63, 3.8) is 0 Å². The summed E-state index contributed by atoms with van der Waals surface area (Å²) in [5.41, 5.74) is 3.51. The highest BCUT2D eigenvalue weighted by Crippen LogP contribution is 2.41. The van der Waals surface area contributed by atoms with Gasteiger partial charge in [-0.3, -0.25) is 4.79 Å². The summed E-state index contributed by atoms with van der Waals surface area (Å²) in [6.07, 6.45) is 0.0824. The Morgan fingerprint density at radius 2 is 1.49 bits per heavy atom. The number of amides is 4. The van der Waals surface area contributed by atoms with Gasteiger partial charge in [-0.05, 0) is 35.2 Å². The van der Waals surface area contributed by atoms with Gasteiger partial charge in [-0.25, -0.2) is 9.59 Å². The lowest BCUT2D eigenvalue weighted by Gasteiger charge is -2.19. The van der Waals surface area contributed by atoms with E-state index in [4.69, 9.17) is 5.11 Å². The first kappa shape index (κ1) is 23.8. The first-order chi connectivity index (χ1) is 17.0. The van der Waals surface area contributed by atoms with Crippen LogP contribution in [-0.4, -0.2) is 35.2 Å². The topological polar surface area (TPSA) is 120 Å². The Labute approximate surface area is 203 Å². The SMILES string of the molecule is O=C(O)N[C@@H]1C[C@H]1c1ccc(NC(=O)C(Cc2ccccc2)NC(=O)NCc2ccccc2)cc1. The molecule has 1 aliphatic carbocycles. The maximum Gasteiger partial charge on any atom is 0.404 e. The molecule has 1 unspecified atom stereocenters. The zero-order valence-corrected chi connectivity index (χ0v) is 19.1. The van der Waals surface area contributed by atoms with Gasteiger partial charge >= 0.3 is 12.1 Å². The van der Waals surface area contributed by atoms with E-state index in [9.17, 15) is 14.4 Å². The van der Waals surface area contributed by atoms with Gasteiger partial charge in [-0.1, -0.05) is 72.8 Å². The molecular formula is C27H28N4O4. The zero-order valence-electron chi connectivity index (χ0n) is 19.1. The number of hydrogen-bond acceptors (Lipinski definition) is 3. The van der Waals surface area contributed by atoms with Crippen LogP contribution >= 0.6 is 0 Å². The molecule has 0 bridgehead atoms. The third-order valence-corrected chi connectivity index (χ3v) is 5.91. The van der Waals surface area contributed by atoms with Gasteiger partial charge in [0.15, 0.2) is 0 Å². The highest BCUT2D eigenvalue weighted by molar-refractivity contribution is 5.97. The van der Waals surface area contributed by atoms with E-state index in [2.05, 4.69) is 21.3 Å². The second kappa shape index (κ2) is 11.2. The molecular weight excluding hydrogens is 444 g/mol. The average molecular weight is 473 g/mol. The van der Waals surface area contributed by atoms with Crippen LogP contribution in [0.5, 0.6) is 0 Å². The van der Waals surface area contributed by atoms with E-state index in [1.807, 2.05) is 72.8 Å². The summed E-state index contributed by atoms with van der Waals surface area (Å²) in [6, 6.07) is 25.1. The van der Waals surface area contributed by atoms with E-state index in [-0.39, 0.29) is 17.9 Å². The van der Waals surface area contributed by atoms with Crippen molar-refractivity contribution in [3.05, 3.63) is 102 Å². The van der Waals surface area contributed by atoms with Gasteiger partial charge in [-0.15, -0.1) is 0 Å². The zero-order chi connectivity index (χ0) is 24.6. The molecule has 3 atom stereocenters. The number of anilines is 1. The lowest BCUT2D eigenvalue weighted by Crippen LogP contribution is -2.49. The third-order valence-electron chi connectivity index (χ3n) is 5.91. The van der Waals surface area contributed by atoms with Crippen molar-refractivity contribution in [2.75, 3.05) is 5.32 Å². The molecule has 0 radical (unpaired) electrons. The summed E-state index contributed by atoms with van der Waals surface area (Å²) in [4.78, 5) is 36.5. The average Bonchev–Trinajstić information content (AvgIpc) is 3.62. The van der Waals surface area contributed by atoms with Crippen molar-refractivity contribution in [1.29, 1.82) is 0 Å². The van der Waals surface area contributed by atoms with Crippen LogP contribution in [0.1, 0.15) is 29.0 Å². The van der Waals surface area contributed by atoms with Gasteiger partial charge < -0.3 is 26.4 Å². The van der Waals surface area contributed by atoms with Crippen molar-refractivity contribution >= 4 is 23.7 Å². The summed E-state index contributed by atoms with van der Waals surface area (Å²) in [7, 11) is 0. The van der Waals surface area contributed by atoms with Crippen LogP contribution in [0.3, 0.4) is 0 Å². The normalized spacial score (nSPS) is 17.0. The Hall–Kier alpha value is -4.33. The van der Waals surface area contributed by atoms with Gasteiger partial charge in [0.2, 0.25) is 5.91 Å². The van der Waals surface area contributed by atoms with E-state index in [1.54, 1.807) is 12.1 Å². The minimum absolute atomic E-state index is 0.0678. The Morgan fingerprint density at radius 1 is 0.857 bits per heavy atom. The number of carboxylic acid groups (broad SMARTS) is 1. The summed E-state index contributed by atoms with van der Waals surface area (Å²) in [5, 5.41) is 19.8. The molecule has 1 aliphatic rings. The van der Waals surface area contributed by atoms with E-state index in [0.29, 0.717) is 18.7 Å². The maximum absolute atomic E-state index is 13.1. The standard InChI is InChI=1S/C27H28N4O4/c32-25(29-21-13-11-20(12-14-21)22-16-23(22)31-27(34)35)24(15-18-7-3-1-4-8-18)30-26(33)28-17-19-9-5-2-6-10-19/h1-14,22-24,31H,15-17H2,(H,29,32)(H,34,35)(H2,28,30,33)/t22-,23+,24?/m0/s1. The maximum atomic E-state index is 13.1. The summed E-state index contributed by atoms with van der Waals surface area (Å²) in [6.45, 7) is 0.354. The van der Waals surface area contributed by atoms with E-state index < -0.39 is 18.2 Å². The molecule has 0 aliphatic heterocycles. The van der Waals surface area contributed by atoms with Crippen LogP contribution in [0.25, 0.3) is 0 Å². The molecule has 4 amide bonds. The molecule has 8 heteroatoms. The van der Waals surface area contributed by atoms with Crippen LogP contribution in [0, 0.1) is 0 Å². The fraction of sp³-hybridized carbons (Fsp3) is 0.222. The van der Waals surface area contributed by atoms with Crippen LogP contribution in [0.4, 0.5) is 15.3 Å². The number of rotatable bonds is 9. The number of carbonyl (C=O) groups is 3. The Balaban J connectivity index is 1.37. The molecule has 8 nitrogen and oxygen atoms in total. The molecule has 0 aromatic heterocycles. The minimum Gasteiger partial charge on any atom is -0.465 e.